The molecule has 18 heavy (non-hydrogen) atoms. The third kappa shape index (κ3) is 3.02. The molecule has 2 aliphatic rings. The number of hydrogen-bond donors (Lipinski definition) is 1. The summed E-state index contributed by atoms with van der Waals surface area (Å²) in [4.78, 5) is 26.6. The van der Waals surface area contributed by atoms with Gasteiger partial charge in [-0.3, -0.25) is 14.5 Å². The molecule has 0 aromatic rings. The maximum atomic E-state index is 11.9. The van der Waals surface area contributed by atoms with Crippen LogP contribution in [-0.4, -0.2) is 59.0 Å². The molecule has 1 atom stereocenters. The number of aliphatic carboxylic acids is 1. The van der Waals surface area contributed by atoms with E-state index >= 15 is 0 Å². The monoisotopic (exact) mass is 254 g/mol. The van der Waals surface area contributed by atoms with E-state index in [1.54, 1.807) is 11.9 Å². The van der Waals surface area contributed by atoms with Gasteiger partial charge in [0.25, 0.3) is 0 Å². The number of likely N-dealkylation sites (N-methyl/N-ethyl adjacent to an activating group) is 1. The summed E-state index contributed by atoms with van der Waals surface area (Å²) >= 11 is 0. The standard InChI is InChI=1S/C13H22N2O3/c1-14-11(7-13(17)18)8-15(9-12(14)16)10-5-3-2-4-6-10/h10-11H,2-9H2,1H3,(H,17,18). The molecule has 1 saturated carbocycles. The molecule has 102 valence electrons. The van der Waals surface area contributed by atoms with Crippen molar-refractivity contribution in [3.05, 3.63) is 0 Å². The van der Waals surface area contributed by atoms with Gasteiger partial charge in [0, 0.05) is 19.6 Å². The Hall–Kier alpha value is -1.10. The summed E-state index contributed by atoms with van der Waals surface area (Å²) in [6.07, 6.45) is 6.10. The Morgan fingerprint density at radius 2 is 2.00 bits per heavy atom. The Balaban J connectivity index is 2.00. The summed E-state index contributed by atoms with van der Waals surface area (Å²) in [6, 6.07) is 0.304. The fourth-order valence-corrected chi connectivity index (χ4v) is 3.07. The first-order valence-electron chi connectivity index (χ1n) is 6.79. The molecular formula is C13H22N2O3. The first kappa shape index (κ1) is 13.3. The van der Waals surface area contributed by atoms with Crippen LogP contribution in [0.4, 0.5) is 0 Å². The zero-order valence-electron chi connectivity index (χ0n) is 11.0. The van der Waals surface area contributed by atoms with Crippen molar-refractivity contribution in [2.24, 2.45) is 0 Å². The van der Waals surface area contributed by atoms with Crippen molar-refractivity contribution in [3.63, 3.8) is 0 Å². The van der Waals surface area contributed by atoms with E-state index in [0.29, 0.717) is 19.1 Å². The van der Waals surface area contributed by atoms with Crippen LogP contribution in [0.3, 0.4) is 0 Å². The van der Waals surface area contributed by atoms with Gasteiger partial charge in [-0.05, 0) is 12.8 Å². The van der Waals surface area contributed by atoms with Crippen LogP contribution in [0.2, 0.25) is 0 Å². The van der Waals surface area contributed by atoms with Crippen molar-refractivity contribution in [1.29, 1.82) is 0 Å². The second-order valence-electron chi connectivity index (χ2n) is 5.48. The van der Waals surface area contributed by atoms with Crippen molar-refractivity contribution in [2.45, 2.75) is 50.6 Å². The molecule has 5 nitrogen and oxygen atoms in total. The number of piperazine rings is 1. The molecule has 0 bridgehead atoms. The third-order valence-corrected chi connectivity index (χ3v) is 4.23. The Labute approximate surface area is 108 Å². The Morgan fingerprint density at radius 1 is 1.33 bits per heavy atom. The molecule has 1 unspecified atom stereocenters. The number of carboxylic acid groups (broad SMARTS) is 1. The second-order valence-corrected chi connectivity index (χ2v) is 5.48. The van der Waals surface area contributed by atoms with Crippen LogP contribution >= 0.6 is 0 Å². The lowest BCUT2D eigenvalue weighted by Crippen LogP contribution is -2.58. The van der Waals surface area contributed by atoms with Crippen molar-refractivity contribution < 1.29 is 14.7 Å². The average Bonchev–Trinajstić information content (AvgIpc) is 2.35. The first-order valence-corrected chi connectivity index (χ1v) is 6.79. The Morgan fingerprint density at radius 3 is 2.61 bits per heavy atom. The number of carboxylic acids is 1. The highest BCUT2D eigenvalue weighted by Crippen LogP contribution is 2.25. The molecule has 1 aliphatic carbocycles. The summed E-state index contributed by atoms with van der Waals surface area (Å²) in [6.45, 7) is 1.16. The van der Waals surface area contributed by atoms with E-state index < -0.39 is 5.97 Å². The molecule has 0 radical (unpaired) electrons. The summed E-state index contributed by atoms with van der Waals surface area (Å²) in [7, 11) is 1.72. The maximum absolute atomic E-state index is 11.9. The SMILES string of the molecule is CN1C(=O)CN(C2CCCCC2)CC1CC(=O)O. The minimum atomic E-state index is -0.829. The van der Waals surface area contributed by atoms with Gasteiger partial charge in [-0.15, -0.1) is 0 Å². The molecule has 1 heterocycles. The van der Waals surface area contributed by atoms with Gasteiger partial charge < -0.3 is 10.0 Å². The smallest absolute Gasteiger partial charge is 0.305 e. The summed E-state index contributed by atoms with van der Waals surface area (Å²) < 4.78 is 0. The van der Waals surface area contributed by atoms with Gasteiger partial charge in [0.15, 0.2) is 0 Å². The number of amides is 1. The number of rotatable bonds is 3. The first-order chi connectivity index (χ1) is 8.58. The van der Waals surface area contributed by atoms with Crippen molar-refractivity contribution in [2.75, 3.05) is 20.1 Å². The van der Waals surface area contributed by atoms with Crippen LogP contribution in [0.1, 0.15) is 38.5 Å². The highest BCUT2D eigenvalue weighted by Gasteiger charge is 2.34. The molecular weight excluding hydrogens is 232 g/mol. The number of nitrogens with zero attached hydrogens (tertiary/aromatic N) is 2. The molecule has 1 amide bonds. The van der Waals surface area contributed by atoms with Gasteiger partial charge in [-0.25, -0.2) is 0 Å². The van der Waals surface area contributed by atoms with Crippen LogP contribution < -0.4 is 0 Å². The number of hydrogen-bond acceptors (Lipinski definition) is 3. The molecule has 0 spiro atoms. The lowest BCUT2D eigenvalue weighted by atomic mass is 9.93. The summed E-state index contributed by atoms with van der Waals surface area (Å²) in [5.74, 6) is -0.775. The molecule has 2 rings (SSSR count). The molecule has 0 aromatic heterocycles. The van der Waals surface area contributed by atoms with E-state index in [1.165, 1.54) is 19.3 Å². The molecule has 2 fully saturated rings. The van der Waals surface area contributed by atoms with Crippen LogP contribution in [-0.2, 0) is 9.59 Å². The fraction of sp³-hybridized carbons (Fsp3) is 0.846. The summed E-state index contributed by atoms with van der Waals surface area (Å²) in [5, 5.41) is 8.91. The highest BCUT2D eigenvalue weighted by molar-refractivity contribution is 5.80. The number of carbonyl (C=O) groups excluding carboxylic acids is 1. The van der Waals surface area contributed by atoms with E-state index in [0.717, 1.165) is 12.8 Å². The van der Waals surface area contributed by atoms with Crippen molar-refractivity contribution in [3.8, 4) is 0 Å². The predicted molar refractivity (Wildman–Crippen MR) is 67.3 cm³/mol. The van der Waals surface area contributed by atoms with Crippen molar-refractivity contribution in [1.82, 2.24) is 9.80 Å². The minimum Gasteiger partial charge on any atom is -0.481 e. The second kappa shape index (κ2) is 5.69. The van der Waals surface area contributed by atoms with Gasteiger partial charge in [-0.1, -0.05) is 19.3 Å². The summed E-state index contributed by atoms with van der Waals surface area (Å²) in [5.41, 5.74) is 0. The fourth-order valence-electron chi connectivity index (χ4n) is 3.07. The predicted octanol–water partition coefficient (Wildman–Crippen LogP) is 0.936. The average molecular weight is 254 g/mol. The third-order valence-electron chi connectivity index (χ3n) is 4.23. The zero-order valence-corrected chi connectivity index (χ0v) is 11.0. The van der Waals surface area contributed by atoms with E-state index in [-0.39, 0.29) is 18.4 Å². The van der Waals surface area contributed by atoms with E-state index in [2.05, 4.69) is 4.90 Å². The topological polar surface area (TPSA) is 60.9 Å². The maximum Gasteiger partial charge on any atom is 0.305 e. The normalized spacial score (nSPS) is 27.5. The van der Waals surface area contributed by atoms with Gasteiger partial charge in [0.2, 0.25) is 5.91 Å². The van der Waals surface area contributed by atoms with E-state index in [1.807, 2.05) is 0 Å². The molecule has 1 N–H and O–H groups in total. The zero-order chi connectivity index (χ0) is 13.1. The largest absolute Gasteiger partial charge is 0.481 e. The quantitative estimate of drug-likeness (QED) is 0.814. The minimum absolute atomic E-state index is 0.0471. The van der Waals surface area contributed by atoms with Gasteiger partial charge in [0.1, 0.15) is 0 Å². The molecule has 0 aromatic carbocycles. The molecule has 1 saturated heterocycles. The van der Waals surface area contributed by atoms with Crippen LogP contribution in [0.15, 0.2) is 0 Å². The van der Waals surface area contributed by atoms with Crippen LogP contribution in [0.25, 0.3) is 0 Å². The van der Waals surface area contributed by atoms with Crippen LogP contribution in [0.5, 0.6) is 0 Å². The van der Waals surface area contributed by atoms with E-state index in [4.69, 9.17) is 5.11 Å². The lowest BCUT2D eigenvalue weighted by molar-refractivity contribution is -0.144. The molecule has 5 heteroatoms. The van der Waals surface area contributed by atoms with E-state index in [9.17, 15) is 9.59 Å². The van der Waals surface area contributed by atoms with Crippen molar-refractivity contribution >= 4 is 11.9 Å². The van der Waals surface area contributed by atoms with Crippen LogP contribution in [0, 0.1) is 0 Å². The molecule has 1 aliphatic heterocycles. The number of carbonyl (C=O) groups is 2. The van der Waals surface area contributed by atoms with Gasteiger partial charge >= 0.3 is 5.97 Å². The Kier molecular flexibility index (Phi) is 4.22. The lowest BCUT2D eigenvalue weighted by Gasteiger charge is -2.43. The Bertz CT molecular complexity index is 326. The van der Waals surface area contributed by atoms with Gasteiger partial charge in [-0.2, -0.15) is 0 Å². The highest BCUT2D eigenvalue weighted by atomic mass is 16.4. The van der Waals surface area contributed by atoms with Gasteiger partial charge in [0.05, 0.1) is 19.0 Å².